The largest absolute Gasteiger partial charge is 0.506 e. The van der Waals surface area contributed by atoms with Gasteiger partial charge in [-0.2, -0.15) is 15.3 Å². The maximum Gasteiger partial charge on any atom is 0.239 e. The third kappa shape index (κ3) is 12.1. The minimum Gasteiger partial charge on any atom is -0.506 e. The topological polar surface area (TPSA) is 154 Å². The number of aromatic hydroxyl groups is 1. The Hall–Kier alpha value is -8.88. The minimum absolute atomic E-state index is 0.0898. The highest BCUT2D eigenvalue weighted by Gasteiger charge is 2.23. The van der Waals surface area contributed by atoms with Crippen molar-refractivity contribution in [1.29, 1.82) is 0 Å². The van der Waals surface area contributed by atoms with E-state index in [0.717, 1.165) is 129 Å². The van der Waals surface area contributed by atoms with Crippen molar-refractivity contribution in [1.82, 2.24) is 9.97 Å². The number of para-hydroxylation sites is 2. The number of benzene rings is 8. The van der Waals surface area contributed by atoms with Crippen LogP contribution in [0.3, 0.4) is 0 Å². The van der Waals surface area contributed by atoms with E-state index in [1.807, 2.05) is 112 Å². The van der Waals surface area contributed by atoms with Gasteiger partial charge in [-0.05, 0) is 132 Å². The zero-order valence-electron chi connectivity index (χ0n) is 45.1. The Morgan fingerprint density at radius 3 is 1.40 bits per heavy atom. The molecule has 10 aromatic rings. The Bertz CT molecular complexity index is 3700. The molecule has 390 valence electrons. The van der Waals surface area contributed by atoms with Gasteiger partial charge in [0, 0.05) is 117 Å². The third-order valence-corrected chi connectivity index (χ3v) is 13.7. The number of fused-ring (bicyclic) bond motifs is 4. The van der Waals surface area contributed by atoms with Crippen molar-refractivity contribution >= 4 is 89.6 Å². The van der Waals surface area contributed by atoms with Crippen LogP contribution in [-0.2, 0) is 0 Å². The van der Waals surface area contributed by atoms with Crippen LogP contribution in [0.15, 0.2) is 190 Å². The molecule has 14 nitrogen and oxygen atoms in total. The summed E-state index contributed by atoms with van der Waals surface area (Å²) in [7, 11) is 0. The van der Waals surface area contributed by atoms with Crippen molar-refractivity contribution in [2.75, 3.05) is 59.7 Å². The number of aliphatic hydroxyl groups excluding tert-OH is 1. The number of aliphatic hydroxyl groups is 1. The maximum absolute atomic E-state index is 10.5. The predicted molar refractivity (Wildman–Crippen MR) is 315 cm³/mol. The molecule has 77 heavy (non-hydrogen) atoms. The number of anilines is 4. The molecule has 14 heteroatoms. The van der Waals surface area contributed by atoms with Crippen molar-refractivity contribution in [2.24, 2.45) is 20.5 Å². The summed E-state index contributed by atoms with van der Waals surface area (Å²) in [4.78, 5) is 14.6. The van der Waals surface area contributed by atoms with Crippen molar-refractivity contribution in [3.8, 4) is 17.1 Å². The number of phenolic OH excluding ortho intramolecular Hbond substituents is 1. The maximum atomic E-state index is 10.5. The van der Waals surface area contributed by atoms with Crippen LogP contribution in [0.25, 0.3) is 55.5 Å². The molecule has 0 aliphatic rings. The monoisotopic (exact) mass is 1020 g/mol. The van der Waals surface area contributed by atoms with Gasteiger partial charge in [-0.15, -0.1) is 14.2 Å². The first-order chi connectivity index (χ1) is 37.6. The summed E-state index contributed by atoms with van der Waals surface area (Å²) in [5.41, 5.74) is 17.5. The second-order valence-corrected chi connectivity index (χ2v) is 18.7. The zero-order valence-corrected chi connectivity index (χ0v) is 45.1. The Balaban J connectivity index is 0.000000188. The van der Waals surface area contributed by atoms with Crippen LogP contribution in [0.1, 0.15) is 53.5 Å². The smallest absolute Gasteiger partial charge is 0.239 e. The standard InChI is InChI=1S/C32H34N6O.C31H32N6O/c1-4-28(39)22-33-23-12-14-24(15-13-23)35-36-25-16-18-29-31(20-25)38(26-10-8-7-9-11-26)32-21-27(37(5-2)6-3)17-19-30(32)34-29;1-5-32-27-20-31(38)28(17-21(27)4)35-34-22-13-15-25-29(18-22)37(23-11-9-8-10-12-23)30-19-24(36(6-2)7-3)14-16-26(30)33-25/h7-21,28,39H,4-6,22H2,1-3H3;8-20H,5-7H2,1-4H3,(H,32,38)/p+2. The summed E-state index contributed by atoms with van der Waals surface area (Å²) >= 11 is 0. The van der Waals surface area contributed by atoms with E-state index in [1.165, 1.54) is 5.69 Å². The molecule has 8 aromatic carbocycles. The highest BCUT2D eigenvalue weighted by molar-refractivity contribution is 5.87. The molecule has 0 amide bonds. The van der Waals surface area contributed by atoms with Crippen molar-refractivity contribution < 1.29 is 19.3 Å². The summed E-state index contributed by atoms with van der Waals surface area (Å²) in [6.07, 6.45) is 0.365. The molecule has 4 N–H and O–H groups in total. The first kappa shape index (κ1) is 53.0. The zero-order chi connectivity index (χ0) is 53.8. The van der Waals surface area contributed by atoms with E-state index in [4.69, 9.17) is 9.97 Å². The lowest BCUT2D eigenvalue weighted by molar-refractivity contribution is -0.538. The van der Waals surface area contributed by atoms with Gasteiger partial charge in [0.1, 0.15) is 33.5 Å². The number of hydrogen-bond acceptors (Lipinski definition) is 12. The van der Waals surface area contributed by atoms with E-state index in [2.05, 4.69) is 151 Å². The van der Waals surface area contributed by atoms with Gasteiger partial charge in [0.05, 0.1) is 23.2 Å². The summed E-state index contributed by atoms with van der Waals surface area (Å²) in [6.45, 7) is 19.7. The summed E-state index contributed by atoms with van der Waals surface area (Å²) < 4.78 is 4.49. The van der Waals surface area contributed by atoms with Gasteiger partial charge < -0.3 is 30.6 Å². The Kier molecular flexibility index (Phi) is 17.0. The van der Waals surface area contributed by atoms with E-state index < -0.39 is 0 Å². The van der Waals surface area contributed by atoms with Crippen LogP contribution in [-0.4, -0.2) is 65.6 Å². The molecule has 2 heterocycles. The van der Waals surface area contributed by atoms with E-state index in [-0.39, 0.29) is 11.9 Å². The van der Waals surface area contributed by atoms with E-state index in [9.17, 15) is 10.2 Å². The molecular weight excluding hydrogens is 957 g/mol. The van der Waals surface area contributed by atoms with Crippen molar-refractivity contribution in [3.05, 3.63) is 175 Å². The number of azo groups is 2. The number of phenols is 1. The van der Waals surface area contributed by atoms with Crippen LogP contribution in [0.2, 0.25) is 0 Å². The van der Waals surface area contributed by atoms with Crippen LogP contribution in [0, 0.1) is 6.92 Å². The number of nitrogens with zero attached hydrogens (tertiary/aromatic N) is 10. The number of aryl methyl sites for hydroxylation is 1. The molecule has 0 radical (unpaired) electrons. The fourth-order valence-electron chi connectivity index (χ4n) is 9.46. The fraction of sp³-hybridized carbons (Fsp3) is 0.238. The van der Waals surface area contributed by atoms with Crippen LogP contribution < -0.4 is 29.6 Å². The van der Waals surface area contributed by atoms with Crippen LogP contribution in [0.4, 0.5) is 45.5 Å². The van der Waals surface area contributed by atoms with Crippen LogP contribution in [0.5, 0.6) is 5.75 Å². The number of nitrogens with one attached hydrogen (secondary N) is 2. The van der Waals surface area contributed by atoms with Crippen molar-refractivity contribution in [2.45, 2.75) is 61.0 Å². The van der Waals surface area contributed by atoms with Gasteiger partial charge in [0.2, 0.25) is 33.4 Å². The fourth-order valence-corrected chi connectivity index (χ4v) is 9.46. The molecule has 0 spiro atoms. The lowest BCUT2D eigenvalue weighted by Gasteiger charge is -2.20. The molecule has 0 bridgehead atoms. The van der Waals surface area contributed by atoms with Crippen LogP contribution >= 0.6 is 0 Å². The minimum atomic E-state index is -0.355. The molecule has 2 aromatic heterocycles. The second kappa shape index (κ2) is 24.6. The summed E-state index contributed by atoms with van der Waals surface area (Å²) in [6, 6.07) is 56.8. The molecule has 1 atom stereocenters. The first-order valence-electron chi connectivity index (χ1n) is 26.7. The van der Waals surface area contributed by atoms with Gasteiger partial charge >= 0.3 is 0 Å². The Morgan fingerprint density at radius 2 is 0.935 bits per heavy atom. The third-order valence-electron chi connectivity index (χ3n) is 13.7. The van der Waals surface area contributed by atoms with Gasteiger partial charge in [-0.25, -0.2) is 9.97 Å². The average Bonchev–Trinajstić information content (AvgIpc) is 3.55. The lowest BCUT2D eigenvalue weighted by Crippen LogP contribution is -2.33. The number of rotatable bonds is 18. The lowest BCUT2D eigenvalue weighted by atomic mass is 10.1. The summed E-state index contributed by atoms with van der Waals surface area (Å²) in [5.74, 6) is 0.0898. The quantitative estimate of drug-likeness (QED) is 0.0376. The van der Waals surface area contributed by atoms with Crippen molar-refractivity contribution in [3.63, 3.8) is 0 Å². The molecular formula is C63H68N12O2+2. The molecule has 0 aliphatic carbocycles. The highest BCUT2D eigenvalue weighted by Crippen LogP contribution is 2.35. The highest BCUT2D eigenvalue weighted by atomic mass is 16.3. The van der Waals surface area contributed by atoms with Gasteiger partial charge in [0.15, 0.2) is 0 Å². The number of aromatic nitrogens is 4. The number of hydrogen-bond donors (Lipinski definition) is 4. The molecule has 0 aliphatic heterocycles. The van der Waals surface area contributed by atoms with Gasteiger partial charge in [-0.1, -0.05) is 43.3 Å². The summed E-state index contributed by atoms with van der Waals surface area (Å²) in [5, 5.41) is 44.6. The second-order valence-electron chi connectivity index (χ2n) is 18.7. The van der Waals surface area contributed by atoms with E-state index in [1.54, 1.807) is 6.07 Å². The SMILES string of the molecule is CCC(O)CNc1ccc(N=Nc2ccc3nc4ccc(N(CC)CC)cc4[n+](-c4ccccc4)c3c2)cc1.CCNc1cc(O)c(N=Nc2ccc3nc4ccc(N(CC)CC)cc4[n+](-c4ccccc4)c3c2)cc1C. The predicted octanol–water partition coefficient (Wildman–Crippen LogP) is 14.5. The Labute approximate surface area is 450 Å². The average molecular weight is 1030 g/mol. The molecule has 1 unspecified atom stereocenters. The first-order valence-corrected chi connectivity index (χ1v) is 26.7. The normalized spacial score (nSPS) is 11.9. The molecule has 10 rings (SSSR count). The molecule has 0 saturated heterocycles. The van der Waals surface area contributed by atoms with Gasteiger partial charge in [-0.3, -0.25) is 0 Å². The van der Waals surface area contributed by atoms with E-state index >= 15 is 0 Å². The molecule has 0 fully saturated rings. The van der Waals surface area contributed by atoms with Gasteiger partial charge in [0.25, 0.3) is 0 Å². The Morgan fingerprint density at radius 1 is 0.494 bits per heavy atom. The molecule has 0 saturated carbocycles. The van der Waals surface area contributed by atoms with E-state index in [0.29, 0.717) is 17.9 Å².